The highest BCUT2D eigenvalue weighted by Gasteiger charge is 2.10. The lowest BCUT2D eigenvalue weighted by atomic mass is 10.1. The normalized spacial score (nSPS) is 10.6. The second-order valence-electron chi connectivity index (χ2n) is 3.49. The summed E-state index contributed by atoms with van der Waals surface area (Å²) in [6.07, 6.45) is 0. The molecule has 0 saturated heterocycles. The first-order chi connectivity index (χ1) is 7.22. The first kappa shape index (κ1) is 10.3. The van der Waals surface area contributed by atoms with Crippen LogP contribution in [0.15, 0.2) is 24.3 Å². The molecule has 1 N–H and O–H groups in total. The van der Waals surface area contributed by atoms with E-state index in [2.05, 4.69) is 24.0 Å². The number of aliphatic hydroxyl groups excluding tert-OH is 1. The Balaban J connectivity index is 2.54. The number of rotatable bonds is 2. The SMILES string of the molecule is Cc1ccccc1-c1nc(CO)sc1C. The number of thiazole rings is 1. The minimum Gasteiger partial charge on any atom is -0.389 e. The monoisotopic (exact) mass is 219 g/mol. The summed E-state index contributed by atoms with van der Waals surface area (Å²) < 4.78 is 0. The van der Waals surface area contributed by atoms with Crippen molar-refractivity contribution in [2.75, 3.05) is 0 Å². The van der Waals surface area contributed by atoms with Crippen molar-refractivity contribution in [2.24, 2.45) is 0 Å². The molecule has 0 spiro atoms. The number of benzene rings is 1. The molecule has 2 aromatic rings. The van der Waals surface area contributed by atoms with Crippen LogP contribution in [0.3, 0.4) is 0 Å². The Bertz CT molecular complexity index is 476. The number of hydrogen-bond acceptors (Lipinski definition) is 3. The molecule has 1 heterocycles. The maximum absolute atomic E-state index is 9.04. The molecule has 0 amide bonds. The Hall–Kier alpha value is -1.19. The van der Waals surface area contributed by atoms with Crippen LogP contribution >= 0.6 is 11.3 Å². The van der Waals surface area contributed by atoms with Crippen LogP contribution in [0.1, 0.15) is 15.4 Å². The van der Waals surface area contributed by atoms with E-state index in [1.807, 2.05) is 19.1 Å². The number of nitrogens with zero attached hydrogens (tertiary/aromatic N) is 1. The Morgan fingerprint density at radius 3 is 2.60 bits per heavy atom. The van der Waals surface area contributed by atoms with Crippen molar-refractivity contribution in [2.45, 2.75) is 20.5 Å². The summed E-state index contributed by atoms with van der Waals surface area (Å²) in [5, 5.41) is 9.82. The lowest BCUT2D eigenvalue weighted by Gasteiger charge is -2.02. The summed E-state index contributed by atoms with van der Waals surface area (Å²) in [6, 6.07) is 8.18. The number of hydrogen-bond donors (Lipinski definition) is 1. The first-order valence-corrected chi connectivity index (χ1v) is 5.67. The third-order valence-corrected chi connectivity index (χ3v) is 3.33. The third kappa shape index (κ3) is 1.94. The Labute approximate surface area is 93.2 Å². The van der Waals surface area contributed by atoms with E-state index in [1.54, 1.807) is 11.3 Å². The van der Waals surface area contributed by atoms with Crippen LogP contribution in [0, 0.1) is 13.8 Å². The standard InChI is InChI=1S/C12H13NOS/c1-8-5-3-4-6-10(8)12-9(2)15-11(7-14)13-12/h3-6,14H,7H2,1-2H3. The fourth-order valence-electron chi connectivity index (χ4n) is 1.61. The lowest BCUT2D eigenvalue weighted by molar-refractivity contribution is 0.281. The molecule has 0 unspecified atom stereocenters. The number of aromatic nitrogens is 1. The molecule has 1 aromatic heterocycles. The minimum absolute atomic E-state index is 0.0252. The second-order valence-corrected chi connectivity index (χ2v) is 4.77. The van der Waals surface area contributed by atoms with Crippen molar-refractivity contribution in [3.63, 3.8) is 0 Å². The fourth-order valence-corrected chi connectivity index (χ4v) is 2.41. The summed E-state index contributed by atoms with van der Waals surface area (Å²) in [5.74, 6) is 0. The molecule has 0 aliphatic rings. The van der Waals surface area contributed by atoms with Gasteiger partial charge in [0.05, 0.1) is 12.3 Å². The van der Waals surface area contributed by atoms with Crippen molar-refractivity contribution < 1.29 is 5.11 Å². The molecule has 3 heteroatoms. The Kier molecular flexibility index (Phi) is 2.84. The zero-order valence-corrected chi connectivity index (χ0v) is 9.64. The number of aliphatic hydroxyl groups is 1. The van der Waals surface area contributed by atoms with E-state index in [-0.39, 0.29) is 6.61 Å². The van der Waals surface area contributed by atoms with Crippen molar-refractivity contribution in [1.29, 1.82) is 0 Å². The van der Waals surface area contributed by atoms with Gasteiger partial charge in [0.15, 0.2) is 0 Å². The van der Waals surface area contributed by atoms with Gasteiger partial charge in [-0.05, 0) is 19.4 Å². The van der Waals surface area contributed by atoms with E-state index >= 15 is 0 Å². The molecule has 15 heavy (non-hydrogen) atoms. The topological polar surface area (TPSA) is 33.1 Å². The van der Waals surface area contributed by atoms with Crippen molar-refractivity contribution in [1.82, 2.24) is 4.98 Å². The molecule has 0 bridgehead atoms. The highest BCUT2D eigenvalue weighted by molar-refractivity contribution is 7.12. The number of aryl methyl sites for hydroxylation is 2. The fraction of sp³-hybridized carbons (Fsp3) is 0.250. The average molecular weight is 219 g/mol. The molecular weight excluding hydrogens is 206 g/mol. The van der Waals surface area contributed by atoms with Gasteiger partial charge in [-0.25, -0.2) is 4.98 Å². The minimum atomic E-state index is 0.0252. The van der Waals surface area contributed by atoms with Gasteiger partial charge in [-0.1, -0.05) is 24.3 Å². The molecule has 1 aromatic carbocycles. The molecule has 78 valence electrons. The molecule has 2 rings (SSSR count). The van der Waals surface area contributed by atoms with Crippen molar-refractivity contribution in [3.8, 4) is 11.3 Å². The smallest absolute Gasteiger partial charge is 0.119 e. The maximum Gasteiger partial charge on any atom is 0.119 e. The Morgan fingerprint density at radius 1 is 1.27 bits per heavy atom. The molecule has 2 nitrogen and oxygen atoms in total. The molecular formula is C12H13NOS. The first-order valence-electron chi connectivity index (χ1n) is 4.85. The summed E-state index contributed by atoms with van der Waals surface area (Å²) >= 11 is 1.56. The molecule has 0 atom stereocenters. The largest absolute Gasteiger partial charge is 0.389 e. The van der Waals surface area contributed by atoms with E-state index in [0.717, 1.165) is 21.1 Å². The van der Waals surface area contributed by atoms with E-state index in [0.29, 0.717) is 0 Å². The molecule has 0 saturated carbocycles. The highest BCUT2D eigenvalue weighted by atomic mass is 32.1. The maximum atomic E-state index is 9.04. The van der Waals surface area contributed by atoms with Gasteiger partial charge < -0.3 is 5.11 Å². The van der Waals surface area contributed by atoms with Crippen LogP contribution in [-0.2, 0) is 6.61 Å². The van der Waals surface area contributed by atoms with Crippen LogP contribution in [0.5, 0.6) is 0 Å². The van der Waals surface area contributed by atoms with Crippen LogP contribution < -0.4 is 0 Å². The van der Waals surface area contributed by atoms with Gasteiger partial charge in [0.1, 0.15) is 5.01 Å². The van der Waals surface area contributed by atoms with Crippen LogP contribution in [0.2, 0.25) is 0 Å². The molecule has 0 aliphatic heterocycles. The van der Waals surface area contributed by atoms with Gasteiger partial charge in [-0.15, -0.1) is 11.3 Å². The zero-order valence-electron chi connectivity index (χ0n) is 8.82. The summed E-state index contributed by atoms with van der Waals surface area (Å²) in [4.78, 5) is 5.59. The van der Waals surface area contributed by atoms with Crippen molar-refractivity contribution in [3.05, 3.63) is 39.7 Å². The highest BCUT2D eigenvalue weighted by Crippen LogP contribution is 2.29. The van der Waals surface area contributed by atoms with Crippen molar-refractivity contribution >= 4 is 11.3 Å². The predicted molar refractivity (Wildman–Crippen MR) is 62.9 cm³/mol. The summed E-state index contributed by atoms with van der Waals surface area (Å²) in [5.41, 5.74) is 3.38. The summed E-state index contributed by atoms with van der Waals surface area (Å²) in [7, 11) is 0. The van der Waals surface area contributed by atoms with E-state index in [4.69, 9.17) is 5.11 Å². The lowest BCUT2D eigenvalue weighted by Crippen LogP contribution is -1.86. The average Bonchev–Trinajstić information content (AvgIpc) is 2.60. The van der Waals surface area contributed by atoms with Gasteiger partial charge in [0.2, 0.25) is 0 Å². The van der Waals surface area contributed by atoms with Crippen LogP contribution in [0.4, 0.5) is 0 Å². The van der Waals surface area contributed by atoms with Crippen LogP contribution in [-0.4, -0.2) is 10.1 Å². The quantitative estimate of drug-likeness (QED) is 0.842. The molecule has 0 radical (unpaired) electrons. The van der Waals surface area contributed by atoms with Gasteiger partial charge >= 0.3 is 0 Å². The van der Waals surface area contributed by atoms with Crippen LogP contribution in [0.25, 0.3) is 11.3 Å². The molecule has 0 fully saturated rings. The Morgan fingerprint density at radius 2 is 2.00 bits per heavy atom. The second kappa shape index (κ2) is 4.13. The van der Waals surface area contributed by atoms with Gasteiger partial charge in [-0.2, -0.15) is 0 Å². The van der Waals surface area contributed by atoms with Gasteiger partial charge in [0.25, 0.3) is 0 Å². The van der Waals surface area contributed by atoms with E-state index in [1.165, 1.54) is 5.56 Å². The summed E-state index contributed by atoms with van der Waals surface area (Å²) in [6.45, 7) is 4.14. The predicted octanol–water partition coefficient (Wildman–Crippen LogP) is 2.92. The van der Waals surface area contributed by atoms with Gasteiger partial charge in [-0.3, -0.25) is 0 Å². The van der Waals surface area contributed by atoms with E-state index < -0.39 is 0 Å². The molecule has 0 aliphatic carbocycles. The zero-order chi connectivity index (χ0) is 10.8. The van der Waals surface area contributed by atoms with Gasteiger partial charge in [0, 0.05) is 10.4 Å². The third-order valence-electron chi connectivity index (χ3n) is 2.38. The van der Waals surface area contributed by atoms with E-state index in [9.17, 15) is 0 Å².